The molecular weight excluding hydrogens is 395 g/mol. The summed E-state index contributed by atoms with van der Waals surface area (Å²) in [5.74, 6) is -0.0906. The highest BCUT2D eigenvalue weighted by Gasteiger charge is 2.32. The second kappa shape index (κ2) is 8.62. The number of amides is 1. The zero-order valence-corrected chi connectivity index (χ0v) is 17.8. The molecule has 0 aliphatic carbocycles. The van der Waals surface area contributed by atoms with Gasteiger partial charge in [-0.1, -0.05) is 6.92 Å². The van der Waals surface area contributed by atoms with Crippen molar-refractivity contribution in [3.05, 3.63) is 41.5 Å². The molecule has 2 heterocycles. The normalized spacial score (nSPS) is 16.1. The Labute approximate surface area is 171 Å². The van der Waals surface area contributed by atoms with Crippen LogP contribution in [0.25, 0.3) is 0 Å². The molecule has 1 N–H and O–H groups in total. The molecule has 3 rings (SSSR count). The van der Waals surface area contributed by atoms with Crippen LogP contribution in [0, 0.1) is 25.6 Å². The Kier molecular flexibility index (Phi) is 6.38. The molecule has 158 valence electrons. The second-order valence-electron chi connectivity index (χ2n) is 7.61. The van der Waals surface area contributed by atoms with Crippen molar-refractivity contribution in [1.29, 1.82) is 0 Å². The summed E-state index contributed by atoms with van der Waals surface area (Å²) in [7, 11) is -3.60. The maximum absolute atomic E-state index is 13.1. The summed E-state index contributed by atoms with van der Waals surface area (Å²) >= 11 is 0. The lowest BCUT2D eigenvalue weighted by molar-refractivity contribution is -0.116. The number of carbonyl (C=O) groups excluding carboxylic acids is 1. The van der Waals surface area contributed by atoms with E-state index >= 15 is 0 Å². The Hall–Kier alpha value is -2.26. The topological polar surface area (TPSA) is 84.3 Å². The van der Waals surface area contributed by atoms with E-state index in [0.29, 0.717) is 36.1 Å². The molecule has 0 atom stereocenters. The molecule has 1 aromatic heterocycles. The zero-order chi connectivity index (χ0) is 21.2. The number of hydrogen-bond donors (Lipinski definition) is 1. The lowest BCUT2D eigenvalue weighted by Gasteiger charge is -2.29. The summed E-state index contributed by atoms with van der Waals surface area (Å²) in [6.45, 7) is 6.84. The molecular formula is C20H27FN4O3S. The number of benzene rings is 1. The lowest BCUT2D eigenvalue weighted by atomic mass is 10.0. The minimum absolute atomic E-state index is 0.125. The highest BCUT2D eigenvalue weighted by atomic mass is 32.2. The number of piperidine rings is 1. The van der Waals surface area contributed by atoms with E-state index in [1.807, 2.05) is 0 Å². The third kappa shape index (κ3) is 4.84. The first-order valence-electron chi connectivity index (χ1n) is 9.78. The molecule has 1 aliphatic rings. The Morgan fingerprint density at radius 1 is 1.21 bits per heavy atom. The van der Waals surface area contributed by atoms with Crippen molar-refractivity contribution in [3.8, 4) is 0 Å². The fourth-order valence-electron chi connectivity index (χ4n) is 3.59. The predicted octanol–water partition coefficient (Wildman–Crippen LogP) is 3.09. The third-order valence-corrected chi connectivity index (χ3v) is 7.49. The van der Waals surface area contributed by atoms with Gasteiger partial charge in [-0.3, -0.25) is 9.48 Å². The number of aryl methyl sites for hydroxylation is 2. The molecule has 9 heteroatoms. The van der Waals surface area contributed by atoms with E-state index in [-0.39, 0.29) is 29.6 Å². The van der Waals surface area contributed by atoms with E-state index in [1.54, 1.807) is 18.5 Å². The smallest absolute Gasteiger partial charge is 0.246 e. The maximum Gasteiger partial charge on any atom is 0.246 e. The van der Waals surface area contributed by atoms with E-state index < -0.39 is 10.0 Å². The Balaban J connectivity index is 1.69. The van der Waals surface area contributed by atoms with Crippen molar-refractivity contribution in [3.63, 3.8) is 0 Å². The van der Waals surface area contributed by atoms with Gasteiger partial charge in [-0.15, -0.1) is 0 Å². The first-order valence-corrected chi connectivity index (χ1v) is 11.2. The highest BCUT2D eigenvalue weighted by Crippen LogP contribution is 2.27. The summed E-state index contributed by atoms with van der Waals surface area (Å²) in [6.07, 6.45) is 1.84. The minimum Gasteiger partial charge on any atom is -0.326 e. The average molecular weight is 423 g/mol. The number of rotatable bonds is 6. The summed E-state index contributed by atoms with van der Waals surface area (Å²) in [4.78, 5) is 12.4. The number of halogens is 1. The van der Waals surface area contributed by atoms with E-state index in [4.69, 9.17) is 0 Å². The molecule has 1 saturated heterocycles. The number of anilines is 1. The Morgan fingerprint density at radius 3 is 2.45 bits per heavy atom. The molecule has 1 aliphatic heterocycles. The van der Waals surface area contributed by atoms with Gasteiger partial charge in [0, 0.05) is 25.2 Å². The van der Waals surface area contributed by atoms with Crippen LogP contribution < -0.4 is 5.32 Å². The summed E-state index contributed by atoms with van der Waals surface area (Å²) in [5.41, 5.74) is 1.49. The Bertz CT molecular complexity index is 978. The van der Waals surface area contributed by atoms with Crippen molar-refractivity contribution in [1.82, 2.24) is 14.1 Å². The van der Waals surface area contributed by atoms with Crippen LogP contribution in [-0.4, -0.2) is 41.5 Å². The first kappa shape index (κ1) is 21.4. The molecule has 1 aromatic carbocycles. The molecule has 0 spiro atoms. The van der Waals surface area contributed by atoms with Crippen LogP contribution in [0.1, 0.15) is 37.6 Å². The van der Waals surface area contributed by atoms with Crippen LogP contribution in [0.5, 0.6) is 0 Å². The van der Waals surface area contributed by atoms with Gasteiger partial charge in [-0.05, 0) is 56.9 Å². The van der Waals surface area contributed by atoms with Crippen LogP contribution >= 0.6 is 0 Å². The molecule has 0 radical (unpaired) electrons. The van der Waals surface area contributed by atoms with Crippen molar-refractivity contribution < 1.29 is 17.6 Å². The van der Waals surface area contributed by atoms with E-state index in [0.717, 1.165) is 12.8 Å². The van der Waals surface area contributed by atoms with Crippen molar-refractivity contribution in [2.75, 3.05) is 18.4 Å². The minimum atomic E-state index is -3.60. The van der Waals surface area contributed by atoms with Crippen LogP contribution in [0.3, 0.4) is 0 Å². The van der Waals surface area contributed by atoms with Crippen LogP contribution in [0.2, 0.25) is 0 Å². The maximum atomic E-state index is 13.1. The monoisotopic (exact) mass is 422 g/mol. The fraction of sp³-hybridized carbons (Fsp3) is 0.500. The SMILES string of the molecule is Cc1nn(CCC(=O)Nc2ccc(F)cc2)c(C)c1S(=O)(=O)N1CCC(C)CC1. The zero-order valence-electron chi connectivity index (χ0n) is 17.0. The lowest BCUT2D eigenvalue weighted by Crippen LogP contribution is -2.38. The third-order valence-electron chi connectivity index (χ3n) is 5.33. The molecule has 1 fully saturated rings. The van der Waals surface area contributed by atoms with E-state index in [1.165, 1.54) is 28.6 Å². The van der Waals surface area contributed by atoms with Gasteiger partial charge in [0.1, 0.15) is 10.7 Å². The average Bonchev–Trinajstić information content (AvgIpc) is 2.96. The second-order valence-corrected chi connectivity index (χ2v) is 9.49. The van der Waals surface area contributed by atoms with Crippen LogP contribution in [0.15, 0.2) is 29.2 Å². The molecule has 1 amide bonds. The highest BCUT2D eigenvalue weighted by molar-refractivity contribution is 7.89. The summed E-state index contributed by atoms with van der Waals surface area (Å²) < 4.78 is 42.3. The molecule has 2 aromatic rings. The predicted molar refractivity (Wildman–Crippen MR) is 109 cm³/mol. The number of sulfonamides is 1. The molecule has 29 heavy (non-hydrogen) atoms. The number of nitrogens with one attached hydrogen (secondary N) is 1. The largest absolute Gasteiger partial charge is 0.326 e. The van der Waals surface area contributed by atoms with E-state index in [2.05, 4.69) is 17.3 Å². The van der Waals surface area contributed by atoms with Crippen molar-refractivity contribution in [2.45, 2.75) is 51.5 Å². The van der Waals surface area contributed by atoms with Crippen molar-refractivity contribution in [2.24, 2.45) is 5.92 Å². The number of hydrogen-bond acceptors (Lipinski definition) is 4. The quantitative estimate of drug-likeness (QED) is 0.775. The van der Waals surface area contributed by atoms with Gasteiger partial charge in [-0.25, -0.2) is 12.8 Å². The van der Waals surface area contributed by atoms with Gasteiger partial charge in [0.25, 0.3) is 0 Å². The number of aromatic nitrogens is 2. The summed E-state index contributed by atoms with van der Waals surface area (Å²) in [6, 6.07) is 5.52. The van der Waals surface area contributed by atoms with Gasteiger partial charge in [-0.2, -0.15) is 9.40 Å². The molecule has 0 saturated carbocycles. The van der Waals surface area contributed by atoms with Crippen molar-refractivity contribution >= 4 is 21.6 Å². The number of carbonyl (C=O) groups is 1. The first-order chi connectivity index (χ1) is 13.7. The molecule has 0 bridgehead atoms. The fourth-order valence-corrected chi connectivity index (χ4v) is 5.43. The van der Waals surface area contributed by atoms with Crippen LogP contribution in [0.4, 0.5) is 10.1 Å². The standard InChI is InChI=1S/C20H27FN4O3S/c1-14-8-11-24(12-9-14)29(27,28)20-15(2)23-25(16(20)3)13-10-19(26)22-18-6-4-17(21)5-7-18/h4-7,14H,8-13H2,1-3H3,(H,22,26). The molecule has 0 unspecified atom stereocenters. The van der Waals surface area contributed by atoms with Gasteiger partial charge in [0.05, 0.1) is 17.9 Å². The van der Waals surface area contributed by atoms with E-state index in [9.17, 15) is 17.6 Å². The van der Waals surface area contributed by atoms with Crippen LogP contribution in [-0.2, 0) is 21.4 Å². The van der Waals surface area contributed by atoms with Gasteiger partial charge in [0.2, 0.25) is 15.9 Å². The van der Waals surface area contributed by atoms with Gasteiger partial charge >= 0.3 is 0 Å². The number of nitrogens with zero attached hydrogens (tertiary/aromatic N) is 3. The molecule has 7 nitrogen and oxygen atoms in total. The Morgan fingerprint density at radius 2 is 1.83 bits per heavy atom. The summed E-state index contributed by atoms with van der Waals surface area (Å²) in [5, 5.41) is 7.05. The van der Waals surface area contributed by atoms with Gasteiger partial charge in [0.15, 0.2) is 0 Å². The van der Waals surface area contributed by atoms with Gasteiger partial charge < -0.3 is 5.32 Å².